The molecule has 2 aromatic heterocycles. The third-order valence-electron chi connectivity index (χ3n) is 3.49. The van der Waals surface area contributed by atoms with Crippen LogP contribution in [0.2, 0.25) is 0 Å². The van der Waals surface area contributed by atoms with Gasteiger partial charge in [0.1, 0.15) is 4.60 Å². The monoisotopic (exact) mass is 325 g/mol. The Morgan fingerprint density at radius 2 is 2.37 bits per heavy atom. The van der Waals surface area contributed by atoms with E-state index in [4.69, 9.17) is 4.74 Å². The molecule has 1 aliphatic rings. The van der Waals surface area contributed by atoms with Gasteiger partial charge in [0.15, 0.2) is 11.9 Å². The SMILES string of the molecule is Cc1nn(C2CCCCO2)c2nc(Br)cc(CO)c12. The lowest BCUT2D eigenvalue weighted by Crippen LogP contribution is -2.19. The number of aryl methyl sites for hydroxylation is 1. The molecule has 1 fully saturated rings. The highest BCUT2D eigenvalue weighted by molar-refractivity contribution is 9.10. The molecule has 0 spiro atoms. The number of hydrogen-bond donors (Lipinski definition) is 1. The maximum absolute atomic E-state index is 9.49. The normalized spacial score (nSPS) is 20.1. The molecule has 5 nitrogen and oxygen atoms in total. The minimum atomic E-state index is -0.0432. The maximum Gasteiger partial charge on any atom is 0.162 e. The van der Waals surface area contributed by atoms with Crippen molar-refractivity contribution in [3.63, 3.8) is 0 Å². The summed E-state index contributed by atoms with van der Waals surface area (Å²) in [5, 5.41) is 15.0. The number of aliphatic hydroxyl groups excluding tert-OH is 1. The van der Waals surface area contributed by atoms with Gasteiger partial charge >= 0.3 is 0 Å². The predicted molar refractivity (Wildman–Crippen MR) is 74.7 cm³/mol. The van der Waals surface area contributed by atoms with Gasteiger partial charge in [-0.2, -0.15) is 5.10 Å². The van der Waals surface area contributed by atoms with Crippen molar-refractivity contribution >= 4 is 27.0 Å². The summed E-state index contributed by atoms with van der Waals surface area (Å²) in [4.78, 5) is 4.51. The van der Waals surface area contributed by atoms with E-state index in [1.807, 2.05) is 17.7 Å². The first-order chi connectivity index (χ1) is 9.20. The summed E-state index contributed by atoms with van der Waals surface area (Å²) in [7, 11) is 0. The summed E-state index contributed by atoms with van der Waals surface area (Å²) in [5.41, 5.74) is 2.51. The molecule has 0 amide bonds. The Bertz CT molecular complexity index is 605. The lowest BCUT2D eigenvalue weighted by Gasteiger charge is -2.23. The molecule has 102 valence electrons. The summed E-state index contributed by atoms with van der Waals surface area (Å²) >= 11 is 3.39. The number of fused-ring (bicyclic) bond motifs is 1. The fourth-order valence-corrected chi connectivity index (χ4v) is 3.05. The van der Waals surface area contributed by atoms with Crippen LogP contribution in [0, 0.1) is 6.92 Å². The fraction of sp³-hybridized carbons (Fsp3) is 0.538. The van der Waals surface area contributed by atoms with Crippen molar-refractivity contribution < 1.29 is 9.84 Å². The molecule has 1 aliphatic heterocycles. The van der Waals surface area contributed by atoms with Crippen molar-refractivity contribution in [2.24, 2.45) is 0 Å². The Morgan fingerprint density at radius 1 is 1.53 bits per heavy atom. The highest BCUT2D eigenvalue weighted by atomic mass is 79.9. The van der Waals surface area contributed by atoms with Gasteiger partial charge in [0.05, 0.1) is 12.3 Å². The molecule has 0 bridgehead atoms. The van der Waals surface area contributed by atoms with Crippen molar-refractivity contribution in [2.75, 3.05) is 6.61 Å². The molecule has 1 atom stereocenters. The quantitative estimate of drug-likeness (QED) is 0.862. The fourth-order valence-electron chi connectivity index (χ4n) is 2.61. The predicted octanol–water partition coefficient (Wildman–Crippen LogP) is 2.69. The lowest BCUT2D eigenvalue weighted by atomic mass is 10.1. The van der Waals surface area contributed by atoms with Gasteiger partial charge in [0.25, 0.3) is 0 Å². The minimum Gasteiger partial charge on any atom is -0.392 e. The largest absolute Gasteiger partial charge is 0.392 e. The molecule has 0 aromatic carbocycles. The van der Waals surface area contributed by atoms with Crippen LogP contribution in [0.25, 0.3) is 11.0 Å². The van der Waals surface area contributed by atoms with Crippen molar-refractivity contribution in [1.29, 1.82) is 0 Å². The van der Waals surface area contributed by atoms with Gasteiger partial charge in [-0.25, -0.2) is 9.67 Å². The van der Waals surface area contributed by atoms with E-state index in [-0.39, 0.29) is 12.8 Å². The standard InChI is InChI=1S/C13H16BrN3O2/c1-8-12-9(7-18)6-10(14)15-13(12)17(16-8)11-4-2-3-5-19-11/h6,11,18H,2-5,7H2,1H3. The highest BCUT2D eigenvalue weighted by Gasteiger charge is 2.22. The molecular formula is C13H16BrN3O2. The van der Waals surface area contributed by atoms with Crippen molar-refractivity contribution in [1.82, 2.24) is 14.8 Å². The molecule has 19 heavy (non-hydrogen) atoms. The van der Waals surface area contributed by atoms with Crippen molar-refractivity contribution in [3.05, 3.63) is 21.9 Å². The zero-order valence-corrected chi connectivity index (χ0v) is 12.4. The van der Waals surface area contributed by atoms with Crippen molar-refractivity contribution in [3.8, 4) is 0 Å². The van der Waals surface area contributed by atoms with Gasteiger partial charge in [0, 0.05) is 12.0 Å². The summed E-state index contributed by atoms with van der Waals surface area (Å²) in [6, 6.07) is 1.84. The first-order valence-corrected chi connectivity index (χ1v) is 7.26. The summed E-state index contributed by atoms with van der Waals surface area (Å²) in [6.45, 7) is 2.69. The summed E-state index contributed by atoms with van der Waals surface area (Å²) in [5.74, 6) is 0. The number of nitrogens with zero attached hydrogens (tertiary/aromatic N) is 3. The average Bonchev–Trinajstić information content (AvgIpc) is 2.76. The first-order valence-electron chi connectivity index (χ1n) is 6.47. The second-order valence-corrected chi connectivity index (χ2v) is 5.62. The van der Waals surface area contributed by atoms with Gasteiger partial charge in [0.2, 0.25) is 0 Å². The second-order valence-electron chi connectivity index (χ2n) is 4.81. The molecular weight excluding hydrogens is 310 g/mol. The van der Waals surface area contributed by atoms with Crippen LogP contribution in [0.5, 0.6) is 0 Å². The smallest absolute Gasteiger partial charge is 0.162 e. The summed E-state index contributed by atoms with van der Waals surface area (Å²) < 4.78 is 8.35. The molecule has 2 aromatic rings. The zero-order chi connectivity index (χ0) is 13.4. The van der Waals surface area contributed by atoms with Gasteiger partial charge in [-0.3, -0.25) is 0 Å². The maximum atomic E-state index is 9.49. The van der Waals surface area contributed by atoms with Gasteiger partial charge in [-0.1, -0.05) is 0 Å². The van der Waals surface area contributed by atoms with Crippen LogP contribution >= 0.6 is 15.9 Å². The summed E-state index contributed by atoms with van der Waals surface area (Å²) in [6.07, 6.45) is 3.16. The van der Waals surface area contributed by atoms with Crippen LogP contribution in [-0.2, 0) is 11.3 Å². The van der Waals surface area contributed by atoms with Crippen LogP contribution in [0.3, 0.4) is 0 Å². The minimum absolute atomic E-state index is 0.0182. The molecule has 3 rings (SSSR count). The van der Waals surface area contributed by atoms with Gasteiger partial charge in [-0.15, -0.1) is 0 Å². The molecule has 1 saturated heterocycles. The van der Waals surface area contributed by atoms with Crippen LogP contribution < -0.4 is 0 Å². The van der Waals surface area contributed by atoms with Crippen LogP contribution in [0.4, 0.5) is 0 Å². The Morgan fingerprint density at radius 3 is 3.05 bits per heavy atom. The van der Waals surface area contributed by atoms with E-state index >= 15 is 0 Å². The second kappa shape index (κ2) is 5.19. The average molecular weight is 326 g/mol. The van der Waals surface area contributed by atoms with E-state index in [0.29, 0.717) is 4.60 Å². The third-order valence-corrected chi connectivity index (χ3v) is 3.89. The number of aromatic nitrogens is 3. The topological polar surface area (TPSA) is 60.2 Å². The molecule has 6 heteroatoms. The molecule has 3 heterocycles. The zero-order valence-electron chi connectivity index (χ0n) is 10.8. The Balaban J connectivity index is 2.17. The van der Waals surface area contributed by atoms with E-state index in [2.05, 4.69) is 26.0 Å². The van der Waals surface area contributed by atoms with Gasteiger partial charge < -0.3 is 9.84 Å². The number of halogens is 1. The lowest BCUT2D eigenvalue weighted by molar-refractivity contribution is -0.0371. The van der Waals surface area contributed by atoms with Crippen LogP contribution in [0.1, 0.15) is 36.7 Å². The van der Waals surface area contributed by atoms with E-state index in [1.165, 1.54) is 0 Å². The number of pyridine rings is 1. The Labute approximate surface area is 119 Å². The third kappa shape index (κ3) is 2.28. The van der Waals surface area contributed by atoms with E-state index in [9.17, 15) is 5.11 Å². The molecule has 1 unspecified atom stereocenters. The number of aliphatic hydroxyl groups is 1. The van der Waals surface area contributed by atoms with E-state index in [1.54, 1.807) is 0 Å². The highest BCUT2D eigenvalue weighted by Crippen LogP contribution is 2.30. The van der Waals surface area contributed by atoms with Crippen LogP contribution in [0.15, 0.2) is 10.7 Å². The molecule has 1 N–H and O–H groups in total. The van der Waals surface area contributed by atoms with Gasteiger partial charge in [-0.05, 0) is 53.7 Å². The number of hydrogen-bond acceptors (Lipinski definition) is 4. The van der Waals surface area contributed by atoms with E-state index < -0.39 is 0 Å². The number of rotatable bonds is 2. The van der Waals surface area contributed by atoms with Crippen LogP contribution in [-0.4, -0.2) is 26.5 Å². The number of ether oxygens (including phenoxy) is 1. The molecule has 0 saturated carbocycles. The first kappa shape index (κ1) is 13.0. The molecule has 0 radical (unpaired) electrons. The Kier molecular flexibility index (Phi) is 3.56. The molecule has 0 aliphatic carbocycles. The van der Waals surface area contributed by atoms with E-state index in [0.717, 1.165) is 48.2 Å². The van der Waals surface area contributed by atoms with Crippen molar-refractivity contribution in [2.45, 2.75) is 39.0 Å². The Hall–Kier alpha value is -0.980.